The standard InChI is InChI=1S/C13H11ClF3N3O/c1-2-21-9-6-4-3-5-8(9)18-11-7-10(13(15,16)17)19-12(14)20-11/h3-7H,2H2,1H3,(H,18,19,20). The Balaban J connectivity index is 2.34. The number of ether oxygens (including phenoxy) is 1. The fourth-order valence-electron chi connectivity index (χ4n) is 1.62. The van der Waals surface area contributed by atoms with Gasteiger partial charge in [0, 0.05) is 6.07 Å². The van der Waals surface area contributed by atoms with Crippen molar-refractivity contribution in [1.82, 2.24) is 9.97 Å². The van der Waals surface area contributed by atoms with Gasteiger partial charge < -0.3 is 10.1 Å². The van der Waals surface area contributed by atoms with Gasteiger partial charge >= 0.3 is 6.18 Å². The quantitative estimate of drug-likeness (QED) is 0.854. The second-order valence-corrected chi connectivity index (χ2v) is 4.30. The Bertz CT molecular complexity index is 634. The minimum Gasteiger partial charge on any atom is -0.492 e. The van der Waals surface area contributed by atoms with Crippen molar-refractivity contribution in [2.24, 2.45) is 0 Å². The zero-order chi connectivity index (χ0) is 15.5. The van der Waals surface area contributed by atoms with Crippen LogP contribution in [0.5, 0.6) is 5.75 Å². The van der Waals surface area contributed by atoms with Crippen molar-refractivity contribution in [3.8, 4) is 5.75 Å². The fourth-order valence-corrected chi connectivity index (χ4v) is 1.80. The van der Waals surface area contributed by atoms with Gasteiger partial charge in [-0.2, -0.15) is 13.2 Å². The topological polar surface area (TPSA) is 47.0 Å². The number of para-hydroxylation sites is 2. The fraction of sp³-hybridized carbons (Fsp3) is 0.231. The average molecular weight is 318 g/mol. The van der Waals surface area contributed by atoms with E-state index in [2.05, 4.69) is 15.3 Å². The number of hydrogen-bond donors (Lipinski definition) is 1. The van der Waals surface area contributed by atoms with E-state index in [0.717, 1.165) is 6.07 Å². The molecule has 0 fully saturated rings. The first kappa shape index (κ1) is 15.4. The molecule has 0 bridgehead atoms. The third kappa shape index (κ3) is 3.98. The largest absolute Gasteiger partial charge is 0.492 e. The van der Waals surface area contributed by atoms with E-state index in [9.17, 15) is 13.2 Å². The minimum atomic E-state index is -4.59. The summed E-state index contributed by atoms with van der Waals surface area (Å²) in [4.78, 5) is 6.90. The van der Waals surface area contributed by atoms with Crippen molar-refractivity contribution in [3.63, 3.8) is 0 Å². The second kappa shape index (κ2) is 6.17. The van der Waals surface area contributed by atoms with Gasteiger partial charge in [-0.05, 0) is 30.7 Å². The summed E-state index contributed by atoms with van der Waals surface area (Å²) in [5.74, 6) is 0.442. The van der Waals surface area contributed by atoms with Crippen molar-refractivity contribution in [3.05, 3.63) is 41.3 Å². The zero-order valence-corrected chi connectivity index (χ0v) is 11.7. The van der Waals surface area contributed by atoms with Crippen molar-refractivity contribution in [2.45, 2.75) is 13.1 Å². The Morgan fingerprint density at radius 3 is 2.62 bits per heavy atom. The molecular weight excluding hydrogens is 307 g/mol. The number of rotatable bonds is 4. The van der Waals surface area contributed by atoms with Gasteiger partial charge in [0.15, 0.2) is 5.69 Å². The minimum absolute atomic E-state index is 0.0607. The zero-order valence-electron chi connectivity index (χ0n) is 10.9. The number of halogens is 4. The van der Waals surface area contributed by atoms with Gasteiger partial charge in [0.2, 0.25) is 5.28 Å². The van der Waals surface area contributed by atoms with Crippen LogP contribution in [0.25, 0.3) is 0 Å². The predicted molar refractivity (Wildman–Crippen MR) is 72.9 cm³/mol. The van der Waals surface area contributed by atoms with Crippen molar-refractivity contribution < 1.29 is 17.9 Å². The first-order chi connectivity index (χ1) is 9.90. The third-order valence-corrected chi connectivity index (χ3v) is 2.61. The van der Waals surface area contributed by atoms with Crippen LogP contribution in [0.4, 0.5) is 24.7 Å². The number of hydrogen-bond acceptors (Lipinski definition) is 4. The monoisotopic (exact) mass is 317 g/mol. The number of nitrogens with zero attached hydrogens (tertiary/aromatic N) is 2. The summed E-state index contributed by atoms with van der Waals surface area (Å²) in [6, 6.07) is 7.62. The Labute approximate surface area is 123 Å². The molecule has 112 valence electrons. The lowest BCUT2D eigenvalue weighted by atomic mass is 10.3. The molecule has 0 amide bonds. The van der Waals surface area contributed by atoms with Gasteiger partial charge in [-0.1, -0.05) is 12.1 Å². The van der Waals surface area contributed by atoms with Crippen LogP contribution in [-0.4, -0.2) is 16.6 Å². The first-order valence-electron chi connectivity index (χ1n) is 6.00. The summed E-state index contributed by atoms with van der Waals surface area (Å²) in [5.41, 5.74) is -0.624. The average Bonchev–Trinajstić information content (AvgIpc) is 2.40. The normalized spacial score (nSPS) is 11.3. The Kier molecular flexibility index (Phi) is 4.52. The van der Waals surface area contributed by atoms with E-state index in [0.29, 0.717) is 18.0 Å². The maximum Gasteiger partial charge on any atom is 0.433 e. The maximum absolute atomic E-state index is 12.7. The summed E-state index contributed by atoms with van der Waals surface area (Å²) in [5, 5.41) is 2.27. The summed E-state index contributed by atoms with van der Waals surface area (Å²) in [6.07, 6.45) is -4.59. The van der Waals surface area contributed by atoms with Gasteiger partial charge in [-0.3, -0.25) is 0 Å². The van der Waals surface area contributed by atoms with Crippen LogP contribution in [0.2, 0.25) is 5.28 Å². The Morgan fingerprint density at radius 2 is 1.95 bits per heavy atom. The summed E-state index contributed by atoms with van der Waals surface area (Å²) >= 11 is 5.53. The van der Waals surface area contributed by atoms with Gasteiger partial charge in [0.25, 0.3) is 0 Å². The molecule has 21 heavy (non-hydrogen) atoms. The second-order valence-electron chi connectivity index (χ2n) is 3.96. The van der Waals surface area contributed by atoms with Crippen molar-refractivity contribution in [1.29, 1.82) is 0 Å². The van der Waals surface area contributed by atoms with E-state index in [1.54, 1.807) is 31.2 Å². The maximum atomic E-state index is 12.7. The molecule has 0 aliphatic rings. The molecule has 1 aromatic carbocycles. The van der Waals surface area contributed by atoms with Gasteiger partial charge in [-0.15, -0.1) is 0 Å². The molecule has 1 N–H and O–H groups in total. The van der Waals surface area contributed by atoms with Crippen molar-refractivity contribution in [2.75, 3.05) is 11.9 Å². The van der Waals surface area contributed by atoms with Crippen LogP contribution in [0.3, 0.4) is 0 Å². The smallest absolute Gasteiger partial charge is 0.433 e. The number of aromatic nitrogens is 2. The number of benzene rings is 1. The summed E-state index contributed by atoms with van der Waals surface area (Å²) in [6.45, 7) is 2.23. The SMILES string of the molecule is CCOc1ccccc1Nc1cc(C(F)(F)F)nc(Cl)n1. The van der Waals surface area contributed by atoms with Gasteiger partial charge in [0.05, 0.1) is 12.3 Å². The summed E-state index contributed by atoms with van der Waals surface area (Å²) < 4.78 is 43.4. The lowest BCUT2D eigenvalue weighted by molar-refractivity contribution is -0.141. The molecule has 2 rings (SSSR count). The Morgan fingerprint density at radius 1 is 1.24 bits per heavy atom. The van der Waals surface area contributed by atoms with E-state index in [1.165, 1.54) is 0 Å². The molecule has 4 nitrogen and oxygen atoms in total. The predicted octanol–water partition coefficient (Wildman–Crippen LogP) is 4.29. The highest BCUT2D eigenvalue weighted by atomic mass is 35.5. The highest BCUT2D eigenvalue weighted by Gasteiger charge is 2.33. The lowest BCUT2D eigenvalue weighted by Gasteiger charge is -2.13. The molecule has 0 saturated carbocycles. The van der Waals surface area contributed by atoms with E-state index < -0.39 is 17.2 Å². The van der Waals surface area contributed by atoms with Crippen LogP contribution >= 0.6 is 11.6 Å². The molecule has 0 saturated heterocycles. The van der Waals surface area contributed by atoms with Crippen LogP contribution in [-0.2, 0) is 6.18 Å². The van der Waals surface area contributed by atoms with Crippen LogP contribution in [0, 0.1) is 0 Å². The number of anilines is 2. The molecule has 0 atom stereocenters. The van der Waals surface area contributed by atoms with E-state index in [4.69, 9.17) is 16.3 Å². The molecule has 1 aromatic heterocycles. The van der Waals surface area contributed by atoms with Crippen LogP contribution in [0.1, 0.15) is 12.6 Å². The highest BCUT2D eigenvalue weighted by Crippen LogP contribution is 2.32. The molecule has 0 aliphatic carbocycles. The number of nitrogens with one attached hydrogen (secondary N) is 1. The van der Waals surface area contributed by atoms with Gasteiger partial charge in [0.1, 0.15) is 11.6 Å². The third-order valence-electron chi connectivity index (χ3n) is 2.44. The lowest BCUT2D eigenvalue weighted by Crippen LogP contribution is -2.10. The molecule has 1 heterocycles. The molecule has 8 heteroatoms. The van der Waals surface area contributed by atoms with Crippen LogP contribution in [0.15, 0.2) is 30.3 Å². The molecule has 2 aromatic rings. The van der Waals surface area contributed by atoms with E-state index in [1.807, 2.05) is 0 Å². The van der Waals surface area contributed by atoms with Crippen LogP contribution < -0.4 is 10.1 Å². The van der Waals surface area contributed by atoms with E-state index in [-0.39, 0.29) is 5.82 Å². The molecule has 0 spiro atoms. The van der Waals surface area contributed by atoms with Crippen molar-refractivity contribution >= 4 is 23.1 Å². The summed E-state index contributed by atoms with van der Waals surface area (Å²) in [7, 11) is 0. The highest BCUT2D eigenvalue weighted by molar-refractivity contribution is 6.28. The molecule has 0 unspecified atom stereocenters. The molecule has 0 radical (unpaired) electrons. The van der Waals surface area contributed by atoms with E-state index >= 15 is 0 Å². The number of alkyl halides is 3. The van der Waals surface area contributed by atoms with Gasteiger partial charge in [-0.25, -0.2) is 9.97 Å². The first-order valence-corrected chi connectivity index (χ1v) is 6.38. The Hall–Kier alpha value is -2.02. The molecule has 0 aliphatic heterocycles. The molecular formula is C13H11ClF3N3O.